The fourth-order valence-electron chi connectivity index (χ4n) is 3.70. The lowest BCUT2D eigenvalue weighted by atomic mass is 10.1. The van der Waals surface area contributed by atoms with Crippen molar-refractivity contribution < 1.29 is 4.79 Å². The highest BCUT2D eigenvalue weighted by atomic mass is 35.5. The predicted molar refractivity (Wildman–Crippen MR) is 135 cm³/mol. The lowest BCUT2D eigenvalue weighted by Crippen LogP contribution is -2.31. The van der Waals surface area contributed by atoms with Crippen molar-refractivity contribution in [1.82, 2.24) is 14.9 Å². The Morgan fingerprint density at radius 3 is 2.41 bits per heavy atom. The number of fused-ring (bicyclic) bond motifs is 1. The minimum absolute atomic E-state index is 0.119. The van der Waals surface area contributed by atoms with Crippen LogP contribution in [0.3, 0.4) is 0 Å². The average Bonchev–Trinajstić information content (AvgIpc) is 3.18. The molecule has 164 valence electrons. The standard InChI is InChI=1S/C25H23Cl2N3OS/c1-32-15-14-22(29-25(31)17-8-3-2-4-9-17)24-28-21-12-5-6-13-23(21)30(24)16-18-19(26)10-7-11-20(18)27/h2-13,22H,14-16H2,1H3,(H,29,31)/t22-/m1/s1. The van der Waals surface area contributed by atoms with Crippen LogP contribution in [0.15, 0.2) is 72.8 Å². The minimum Gasteiger partial charge on any atom is -0.342 e. The van der Waals surface area contributed by atoms with Gasteiger partial charge in [-0.3, -0.25) is 4.79 Å². The van der Waals surface area contributed by atoms with Crippen molar-refractivity contribution in [2.24, 2.45) is 0 Å². The first-order valence-electron chi connectivity index (χ1n) is 10.3. The molecule has 32 heavy (non-hydrogen) atoms. The van der Waals surface area contributed by atoms with E-state index in [1.807, 2.05) is 72.8 Å². The summed E-state index contributed by atoms with van der Waals surface area (Å²) in [6, 6.07) is 22.5. The average molecular weight is 484 g/mol. The van der Waals surface area contributed by atoms with Crippen molar-refractivity contribution in [2.75, 3.05) is 12.0 Å². The molecule has 1 atom stereocenters. The first kappa shape index (κ1) is 22.7. The number of thioether (sulfide) groups is 1. The second-order valence-corrected chi connectivity index (χ2v) is 9.22. The number of para-hydroxylation sites is 2. The molecule has 4 nitrogen and oxygen atoms in total. The van der Waals surface area contributed by atoms with Gasteiger partial charge in [0.05, 0.1) is 23.6 Å². The molecular formula is C25H23Cl2N3OS. The summed E-state index contributed by atoms with van der Waals surface area (Å²) in [6.45, 7) is 0.464. The number of nitrogens with one attached hydrogen (secondary N) is 1. The van der Waals surface area contributed by atoms with Crippen molar-refractivity contribution in [3.8, 4) is 0 Å². The molecule has 0 aliphatic rings. The fourth-order valence-corrected chi connectivity index (χ4v) is 4.69. The predicted octanol–water partition coefficient (Wildman–Crippen LogP) is 6.62. The number of imidazole rings is 1. The molecule has 0 aliphatic carbocycles. The summed E-state index contributed by atoms with van der Waals surface area (Å²) in [5.41, 5.74) is 3.30. The minimum atomic E-state index is -0.260. The van der Waals surface area contributed by atoms with Gasteiger partial charge in [-0.05, 0) is 54.8 Å². The van der Waals surface area contributed by atoms with Crippen molar-refractivity contribution in [2.45, 2.75) is 19.0 Å². The van der Waals surface area contributed by atoms with E-state index >= 15 is 0 Å². The number of aromatic nitrogens is 2. The fraction of sp³-hybridized carbons (Fsp3) is 0.200. The lowest BCUT2D eigenvalue weighted by Gasteiger charge is -2.21. The molecule has 0 spiro atoms. The van der Waals surface area contributed by atoms with Gasteiger partial charge in [-0.15, -0.1) is 0 Å². The molecule has 0 saturated carbocycles. The Balaban J connectivity index is 1.77. The van der Waals surface area contributed by atoms with Crippen LogP contribution in [0.5, 0.6) is 0 Å². The number of amides is 1. The van der Waals surface area contributed by atoms with Crippen LogP contribution in [-0.4, -0.2) is 27.5 Å². The molecule has 0 bridgehead atoms. The van der Waals surface area contributed by atoms with E-state index in [4.69, 9.17) is 28.2 Å². The second-order valence-electron chi connectivity index (χ2n) is 7.42. The highest BCUT2D eigenvalue weighted by Gasteiger charge is 2.23. The third-order valence-corrected chi connectivity index (χ3v) is 6.68. The molecule has 4 aromatic rings. The molecule has 7 heteroatoms. The number of hydrogen-bond acceptors (Lipinski definition) is 3. The summed E-state index contributed by atoms with van der Waals surface area (Å²) < 4.78 is 2.11. The molecule has 0 radical (unpaired) electrons. The number of rotatable bonds is 8. The SMILES string of the molecule is CSCC[C@@H](NC(=O)c1ccccc1)c1nc2ccccc2n1Cc1c(Cl)cccc1Cl. The zero-order chi connectivity index (χ0) is 22.5. The van der Waals surface area contributed by atoms with Crippen molar-refractivity contribution in [1.29, 1.82) is 0 Å². The summed E-state index contributed by atoms with van der Waals surface area (Å²) in [6.07, 6.45) is 2.81. The third-order valence-electron chi connectivity index (χ3n) is 5.33. The Morgan fingerprint density at radius 1 is 1.00 bits per heavy atom. The maximum absolute atomic E-state index is 13.0. The summed E-state index contributed by atoms with van der Waals surface area (Å²) in [7, 11) is 0. The summed E-state index contributed by atoms with van der Waals surface area (Å²) in [4.78, 5) is 17.9. The zero-order valence-electron chi connectivity index (χ0n) is 17.6. The topological polar surface area (TPSA) is 46.9 Å². The maximum atomic E-state index is 13.0. The Labute approximate surface area is 201 Å². The van der Waals surface area contributed by atoms with Gasteiger partial charge in [0.1, 0.15) is 5.82 Å². The number of halogens is 2. The van der Waals surface area contributed by atoms with Gasteiger partial charge in [-0.2, -0.15) is 11.8 Å². The van der Waals surface area contributed by atoms with E-state index in [1.54, 1.807) is 11.8 Å². The van der Waals surface area contributed by atoms with Crippen LogP contribution in [0.25, 0.3) is 11.0 Å². The van der Waals surface area contributed by atoms with Crippen LogP contribution < -0.4 is 5.32 Å². The van der Waals surface area contributed by atoms with E-state index in [0.717, 1.165) is 34.6 Å². The summed E-state index contributed by atoms with van der Waals surface area (Å²) in [5.74, 6) is 1.56. The van der Waals surface area contributed by atoms with Crippen LogP contribution >= 0.6 is 35.0 Å². The van der Waals surface area contributed by atoms with Crippen molar-refractivity contribution in [3.63, 3.8) is 0 Å². The smallest absolute Gasteiger partial charge is 0.251 e. The van der Waals surface area contributed by atoms with Crippen LogP contribution in [-0.2, 0) is 6.54 Å². The van der Waals surface area contributed by atoms with E-state index < -0.39 is 0 Å². The van der Waals surface area contributed by atoms with Crippen molar-refractivity contribution >= 4 is 51.9 Å². The monoisotopic (exact) mass is 483 g/mol. The molecule has 1 amide bonds. The normalized spacial score (nSPS) is 12.1. The van der Waals surface area contributed by atoms with Gasteiger partial charge in [0.25, 0.3) is 5.91 Å². The first-order chi connectivity index (χ1) is 15.6. The van der Waals surface area contributed by atoms with E-state index in [1.165, 1.54) is 0 Å². The van der Waals surface area contributed by atoms with Crippen LogP contribution in [0.1, 0.15) is 34.2 Å². The van der Waals surface area contributed by atoms with Crippen molar-refractivity contribution in [3.05, 3.63) is 99.8 Å². The van der Waals surface area contributed by atoms with Gasteiger partial charge in [-0.25, -0.2) is 4.98 Å². The quantitative estimate of drug-likeness (QED) is 0.306. The molecule has 1 heterocycles. The Morgan fingerprint density at radius 2 is 1.69 bits per heavy atom. The Bertz CT molecular complexity index is 1210. The van der Waals surface area contributed by atoms with Gasteiger partial charge in [0.15, 0.2) is 0 Å². The first-order valence-corrected chi connectivity index (χ1v) is 12.5. The molecule has 0 unspecified atom stereocenters. The molecule has 1 aromatic heterocycles. The number of carbonyl (C=O) groups is 1. The highest BCUT2D eigenvalue weighted by Crippen LogP contribution is 2.30. The van der Waals surface area contributed by atoms with Crippen LogP contribution in [0.4, 0.5) is 0 Å². The van der Waals surface area contributed by atoms with Gasteiger partial charge in [0, 0.05) is 21.2 Å². The molecular weight excluding hydrogens is 461 g/mol. The molecule has 4 rings (SSSR count). The summed E-state index contributed by atoms with van der Waals surface area (Å²) >= 11 is 14.7. The van der Waals surface area contributed by atoms with Gasteiger partial charge in [-0.1, -0.05) is 59.6 Å². The van der Waals surface area contributed by atoms with E-state index in [9.17, 15) is 4.79 Å². The highest BCUT2D eigenvalue weighted by molar-refractivity contribution is 7.98. The lowest BCUT2D eigenvalue weighted by molar-refractivity contribution is 0.0933. The molecule has 1 N–H and O–H groups in total. The molecule has 0 saturated heterocycles. The number of hydrogen-bond donors (Lipinski definition) is 1. The second kappa shape index (κ2) is 10.4. The molecule has 3 aromatic carbocycles. The van der Waals surface area contributed by atoms with Gasteiger partial charge >= 0.3 is 0 Å². The summed E-state index contributed by atoms with van der Waals surface area (Å²) in [5, 5.41) is 4.41. The third kappa shape index (κ3) is 4.96. The van der Waals surface area contributed by atoms with E-state index in [2.05, 4.69) is 16.1 Å². The van der Waals surface area contributed by atoms with E-state index in [0.29, 0.717) is 22.2 Å². The molecule has 0 fully saturated rings. The zero-order valence-corrected chi connectivity index (χ0v) is 19.9. The van der Waals surface area contributed by atoms with Gasteiger partial charge in [0.2, 0.25) is 0 Å². The van der Waals surface area contributed by atoms with Crippen LogP contribution in [0, 0.1) is 0 Å². The Kier molecular flexibility index (Phi) is 7.40. The number of benzene rings is 3. The maximum Gasteiger partial charge on any atom is 0.251 e. The van der Waals surface area contributed by atoms with Crippen LogP contribution in [0.2, 0.25) is 10.0 Å². The Hall–Kier alpha value is -2.47. The van der Waals surface area contributed by atoms with E-state index in [-0.39, 0.29) is 11.9 Å². The molecule has 0 aliphatic heterocycles. The number of nitrogens with zero attached hydrogens (tertiary/aromatic N) is 2. The number of carbonyl (C=O) groups excluding carboxylic acids is 1. The van der Waals surface area contributed by atoms with Gasteiger partial charge < -0.3 is 9.88 Å². The largest absolute Gasteiger partial charge is 0.342 e.